The number of carbonyl (C=O) groups excluding carboxylic acids is 1. The minimum atomic E-state index is -0.193. The van der Waals surface area contributed by atoms with Gasteiger partial charge in [-0.2, -0.15) is 0 Å². The summed E-state index contributed by atoms with van der Waals surface area (Å²) in [7, 11) is 1.69. The molecule has 0 spiro atoms. The highest BCUT2D eigenvalue weighted by Gasteiger charge is 2.42. The highest BCUT2D eigenvalue weighted by molar-refractivity contribution is 5.81. The molecule has 1 amide bonds. The van der Waals surface area contributed by atoms with Crippen molar-refractivity contribution in [3.63, 3.8) is 0 Å². The van der Waals surface area contributed by atoms with Crippen molar-refractivity contribution in [2.75, 3.05) is 20.3 Å². The van der Waals surface area contributed by atoms with Crippen molar-refractivity contribution in [3.8, 4) is 0 Å². The fraction of sp³-hybridized carbons (Fsp3) is 0.923. The topological polar surface area (TPSA) is 59.6 Å². The van der Waals surface area contributed by atoms with Crippen LogP contribution < -0.4 is 10.6 Å². The van der Waals surface area contributed by atoms with E-state index in [1.54, 1.807) is 7.11 Å². The van der Waals surface area contributed by atoms with E-state index < -0.39 is 0 Å². The van der Waals surface area contributed by atoms with Gasteiger partial charge in [0.2, 0.25) is 5.91 Å². The van der Waals surface area contributed by atoms with Crippen molar-refractivity contribution in [1.29, 1.82) is 0 Å². The Labute approximate surface area is 110 Å². The van der Waals surface area contributed by atoms with Crippen molar-refractivity contribution in [1.82, 2.24) is 10.6 Å². The van der Waals surface area contributed by atoms with Crippen molar-refractivity contribution in [3.05, 3.63) is 0 Å². The largest absolute Gasteiger partial charge is 0.377 e. The molecule has 106 valence electrons. The molecule has 0 radical (unpaired) electrons. The number of carbonyl (C=O) groups is 1. The number of amides is 1. The summed E-state index contributed by atoms with van der Waals surface area (Å²) in [4.78, 5) is 11.7. The Bertz CT molecular complexity index is 261. The lowest BCUT2D eigenvalue weighted by Gasteiger charge is -2.44. The third-order valence-electron chi connectivity index (χ3n) is 3.31. The van der Waals surface area contributed by atoms with Crippen molar-refractivity contribution < 1.29 is 14.3 Å². The summed E-state index contributed by atoms with van der Waals surface area (Å²) in [6.45, 7) is 7.33. The number of methoxy groups -OCH3 is 1. The van der Waals surface area contributed by atoms with Gasteiger partial charge < -0.3 is 20.1 Å². The van der Waals surface area contributed by atoms with Gasteiger partial charge in [0, 0.05) is 26.3 Å². The molecular weight excluding hydrogens is 232 g/mol. The zero-order chi connectivity index (χ0) is 13.5. The maximum absolute atomic E-state index is 11.7. The molecule has 4 unspecified atom stereocenters. The van der Waals surface area contributed by atoms with Crippen molar-refractivity contribution >= 4 is 5.91 Å². The molecule has 0 bridgehead atoms. The summed E-state index contributed by atoms with van der Waals surface area (Å²) in [5.41, 5.74) is 0. The zero-order valence-corrected chi connectivity index (χ0v) is 11.9. The Morgan fingerprint density at radius 2 is 2.17 bits per heavy atom. The van der Waals surface area contributed by atoms with Gasteiger partial charge in [-0.1, -0.05) is 6.92 Å². The second-order valence-corrected chi connectivity index (χ2v) is 4.72. The van der Waals surface area contributed by atoms with Crippen LogP contribution in [0.2, 0.25) is 0 Å². The van der Waals surface area contributed by atoms with E-state index in [2.05, 4.69) is 10.6 Å². The molecule has 1 fully saturated rings. The second kappa shape index (κ2) is 7.71. The maximum Gasteiger partial charge on any atom is 0.236 e. The summed E-state index contributed by atoms with van der Waals surface area (Å²) in [6.07, 6.45) is 2.06. The third kappa shape index (κ3) is 3.93. The maximum atomic E-state index is 11.7. The number of ether oxygens (including phenoxy) is 2. The minimum Gasteiger partial charge on any atom is -0.377 e. The summed E-state index contributed by atoms with van der Waals surface area (Å²) in [5, 5.41) is 6.18. The third-order valence-corrected chi connectivity index (χ3v) is 3.31. The van der Waals surface area contributed by atoms with E-state index in [0.717, 1.165) is 19.4 Å². The van der Waals surface area contributed by atoms with Crippen LogP contribution in [-0.4, -0.2) is 50.5 Å². The predicted molar refractivity (Wildman–Crippen MR) is 70.5 cm³/mol. The highest BCUT2D eigenvalue weighted by atomic mass is 16.5. The van der Waals surface area contributed by atoms with Crippen LogP contribution in [0.1, 0.15) is 33.6 Å². The van der Waals surface area contributed by atoms with E-state index in [4.69, 9.17) is 9.47 Å². The molecule has 0 aromatic rings. The van der Waals surface area contributed by atoms with Gasteiger partial charge in [-0.25, -0.2) is 0 Å². The van der Waals surface area contributed by atoms with Crippen molar-refractivity contribution in [2.45, 2.75) is 57.9 Å². The van der Waals surface area contributed by atoms with Gasteiger partial charge in [-0.3, -0.25) is 4.79 Å². The van der Waals surface area contributed by atoms with E-state index in [9.17, 15) is 4.79 Å². The van der Waals surface area contributed by atoms with Crippen molar-refractivity contribution in [2.24, 2.45) is 0 Å². The summed E-state index contributed by atoms with van der Waals surface area (Å²) >= 11 is 0. The summed E-state index contributed by atoms with van der Waals surface area (Å²) < 4.78 is 11.0. The molecule has 0 aromatic heterocycles. The van der Waals surface area contributed by atoms with Crippen LogP contribution in [0.15, 0.2) is 0 Å². The SMILES string of the molecule is CCCNC(=O)C(C)NC1CC(OCC)C1OC. The van der Waals surface area contributed by atoms with E-state index in [-0.39, 0.29) is 30.2 Å². The molecule has 4 atom stereocenters. The van der Waals surface area contributed by atoms with Gasteiger partial charge in [0.15, 0.2) is 0 Å². The fourth-order valence-corrected chi connectivity index (χ4v) is 2.24. The number of nitrogens with one attached hydrogen (secondary N) is 2. The van der Waals surface area contributed by atoms with E-state index in [1.165, 1.54) is 0 Å². The number of rotatable bonds is 8. The van der Waals surface area contributed by atoms with Gasteiger partial charge in [-0.05, 0) is 26.7 Å². The lowest BCUT2D eigenvalue weighted by atomic mass is 9.84. The molecule has 1 rings (SSSR count). The molecule has 0 aromatic carbocycles. The van der Waals surface area contributed by atoms with Gasteiger partial charge >= 0.3 is 0 Å². The molecule has 1 saturated carbocycles. The molecule has 0 heterocycles. The molecule has 1 aliphatic rings. The number of hydrogen-bond donors (Lipinski definition) is 2. The lowest BCUT2D eigenvalue weighted by Crippen LogP contribution is -2.63. The average Bonchev–Trinajstić information content (AvgIpc) is 2.34. The monoisotopic (exact) mass is 258 g/mol. The smallest absolute Gasteiger partial charge is 0.236 e. The Hall–Kier alpha value is -0.650. The molecule has 5 nitrogen and oxygen atoms in total. The second-order valence-electron chi connectivity index (χ2n) is 4.72. The first-order valence-corrected chi connectivity index (χ1v) is 6.82. The standard InChI is InChI=1S/C13H26N2O3/c1-5-7-14-13(16)9(3)15-10-8-11(18-6-2)12(10)17-4/h9-12,15H,5-8H2,1-4H3,(H,14,16). The van der Waals surface area contributed by atoms with Crippen LogP contribution in [-0.2, 0) is 14.3 Å². The Morgan fingerprint density at radius 3 is 2.72 bits per heavy atom. The van der Waals surface area contributed by atoms with Crippen LogP contribution in [0, 0.1) is 0 Å². The molecule has 1 aliphatic carbocycles. The first-order chi connectivity index (χ1) is 8.63. The fourth-order valence-electron chi connectivity index (χ4n) is 2.24. The van der Waals surface area contributed by atoms with E-state index in [0.29, 0.717) is 6.61 Å². The van der Waals surface area contributed by atoms with E-state index in [1.807, 2.05) is 20.8 Å². The first kappa shape index (κ1) is 15.4. The van der Waals surface area contributed by atoms with Crippen LogP contribution in [0.3, 0.4) is 0 Å². The molecule has 5 heteroatoms. The molecule has 0 aliphatic heterocycles. The molecule has 2 N–H and O–H groups in total. The average molecular weight is 258 g/mol. The molecular formula is C13H26N2O3. The Balaban J connectivity index is 2.32. The van der Waals surface area contributed by atoms with Crippen LogP contribution in [0.25, 0.3) is 0 Å². The quantitative estimate of drug-likeness (QED) is 0.672. The minimum absolute atomic E-state index is 0.0476. The number of hydrogen-bond acceptors (Lipinski definition) is 4. The van der Waals surface area contributed by atoms with Gasteiger partial charge in [0.1, 0.15) is 0 Å². The van der Waals surface area contributed by atoms with Crippen LogP contribution in [0.5, 0.6) is 0 Å². The Kier molecular flexibility index (Phi) is 6.60. The zero-order valence-electron chi connectivity index (χ0n) is 11.9. The van der Waals surface area contributed by atoms with Crippen LogP contribution in [0.4, 0.5) is 0 Å². The first-order valence-electron chi connectivity index (χ1n) is 6.82. The summed E-state index contributed by atoms with van der Waals surface area (Å²) in [6, 6.07) is 0.00991. The van der Waals surface area contributed by atoms with Gasteiger partial charge in [0.05, 0.1) is 18.2 Å². The molecule has 18 heavy (non-hydrogen) atoms. The summed E-state index contributed by atoms with van der Waals surface area (Å²) in [5.74, 6) is 0.0477. The van der Waals surface area contributed by atoms with E-state index >= 15 is 0 Å². The highest BCUT2D eigenvalue weighted by Crippen LogP contribution is 2.27. The molecule has 0 saturated heterocycles. The lowest BCUT2D eigenvalue weighted by molar-refractivity contribution is -0.138. The van der Waals surface area contributed by atoms with Crippen LogP contribution >= 0.6 is 0 Å². The van der Waals surface area contributed by atoms with Gasteiger partial charge in [-0.15, -0.1) is 0 Å². The predicted octanol–water partition coefficient (Wildman–Crippen LogP) is 0.683. The normalized spacial score (nSPS) is 28.6. The Morgan fingerprint density at radius 1 is 1.44 bits per heavy atom. The van der Waals surface area contributed by atoms with Gasteiger partial charge in [0.25, 0.3) is 0 Å².